The summed E-state index contributed by atoms with van der Waals surface area (Å²) in [6, 6.07) is 22.7. The summed E-state index contributed by atoms with van der Waals surface area (Å²) in [7, 11) is 0. The summed E-state index contributed by atoms with van der Waals surface area (Å²) in [6.45, 7) is 3.42. The molecule has 0 unspecified atom stereocenters. The van der Waals surface area contributed by atoms with Crippen molar-refractivity contribution >= 4 is 35.2 Å². The van der Waals surface area contributed by atoms with Gasteiger partial charge in [-0.1, -0.05) is 54.1 Å². The molecule has 3 aromatic rings. The second kappa shape index (κ2) is 10.8. The molecule has 7 heteroatoms. The number of amides is 2. The van der Waals surface area contributed by atoms with Crippen molar-refractivity contribution in [2.75, 3.05) is 12.4 Å². The predicted octanol–water partition coefficient (Wildman–Crippen LogP) is 5.44. The minimum Gasteiger partial charge on any atom is -0.494 e. The maximum Gasteiger partial charge on any atom is 0.251 e. The van der Waals surface area contributed by atoms with Gasteiger partial charge in [-0.05, 0) is 48.4 Å². The number of ether oxygens (including phenoxy) is 1. The quantitative estimate of drug-likeness (QED) is 0.466. The van der Waals surface area contributed by atoms with Crippen LogP contribution in [0.4, 0.5) is 0 Å². The van der Waals surface area contributed by atoms with E-state index in [4.69, 9.17) is 16.3 Å². The molecule has 0 spiro atoms. The lowest BCUT2D eigenvalue weighted by atomic mass is 10.1. The lowest BCUT2D eigenvalue weighted by Gasteiger charge is -2.24. The maximum absolute atomic E-state index is 12.7. The van der Waals surface area contributed by atoms with Gasteiger partial charge in [-0.3, -0.25) is 9.59 Å². The summed E-state index contributed by atoms with van der Waals surface area (Å²) < 4.78 is 5.62. The van der Waals surface area contributed by atoms with Gasteiger partial charge in [0.1, 0.15) is 11.1 Å². The summed E-state index contributed by atoms with van der Waals surface area (Å²) in [5.41, 5.74) is 3.54. The van der Waals surface area contributed by atoms with Crippen LogP contribution in [0.2, 0.25) is 5.02 Å². The average Bonchev–Trinajstić information content (AvgIpc) is 3.20. The molecule has 2 amide bonds. The Bertz CT molecular complexity index is 1120. The fourth-order valence-electron chi connectivity index (χ4n) is 3.71. The maximum atomic E-state index is 12.7. The number of hydrogen-bond acceptors (Lipinski definition) is 4. The van der Waals surface area contributed by atoms with Crippen molar-refractivity contribution < 1.29 is 14.3 Å². The number of carbonyl (C=O) groups is 2. The van der Waals surface area contributed by atoms with E-state index in [1.807, 2.05) is 84.6 Å². The molecule has 1 N–H and O–H groups in total. The van der Waals surface area contributed by atoms with Gasteiger partial charge in [-0.15, -0.1) is 11.8 Å². The van der Waals surface area contributed by atoms with E-state index < -0.39 is 0 Å². The van der Waals surface area contributed by atoms with Crippen molar-refractivity contribution in [1.29, 1.82) is 0 Å². The van der Waals surface area contributed by atoms with E-state index in [-0.39, 0.29) is 17.2 Å². The van der Waals surface area contributed by atoms with Crippen LogP contribution in [0.1, 0.15) is 39.3 Å². The van der Waals surface area contributed by atoms with Gasteiger partial charge in [-0.25, -0.2) is 0 Å². The predicted molar refractivity (Wildman–Crippen MR) is 132 cm³/mol. The number of hydrogen-bond donors (Lipinski definition) is 1. The van der Waals surface area contributed by atoms with Crippen LogP contribution in [0.5, 0.6) is 5.75 Å². The molecule has 5 nitrogen and oxygen atoms in total. The van der Waals surface area contributed by atoms with Crippen molar-refractivity contribution in [2.24, 2.45) is 0 Å². The molecule has 1 saturated heterocycles. The number of benzene rings is 3. The normalized spacial score (nSPS) is 15.5. The van der Waals surface area contributed by atoms with E-state index >= 15 is 0 Å². The third-order valence-electron chi connectivity index (χ3n) is 5.40. The van der Waals surface area contributed by atoms with Crippen LogP contribution in [0.15, 0.2) is 72.8 Å². The van der Waals surface area contributed by atoms with E-state index in [0.717, 1.165) is 22.4 Å². The van der Waals surface area contributed by atoms with Gasteiger partial charge in [0.25, 0.3) is 5.91 Å². The van der Waals surface area contributed by atoms with Gasteiger partial charge in [0, 0.05) is 29.2 Å². The monoisotopic (exact) mass is 480 g/mol. The number of halogens is 1. The Kier molecular flexibility index (Phi) is 7.57. The molecular formula is C26H25ClN2O3S. The molecule has 0 saturated carbocycles. The van der Waals surface area contributed by atoms with Gasteiger partial charge in [0.15, 0.2) is 0 Å². The van der Waals surface area contributed by atoms with E-state index in [9.17, 15) is 9.59 Å². The molecule has 4 rings (SSSR count). The highest BCUT2D eigenvalue weighted by atomic mass is 35.5. The highest BCUT2D eigenvalue weighted by Gasteiger charge is 2.32. The molecule has 1 aliphatic rings. The van der Waals surface area contributed by atoms with Gasteiger partial charge >= 0.3 is 0 Å². The second-order valence-corrected chi connectivity index (χ2v) is 9.16. The first-order chi connectivity index (χ1) is 16.0. The van der Waals surface area contributed by atoms with Crippen molar-refractivity contribution in [1.82, 2.24) is 10.2 Å². The van der Waals surface area contributed by atoms with Crippen LogP contribution >= 0.6 is 23.4 Å². The third kappa shape index (κ3) is 5.70. The number of thioether (sulfide) groups is 1. The molecule has 1 aliphatic heterocycles. The minimum absolute atomic E-state index is 0.0802. The SMILES string of the molecule is CCOc1ccccc1CNC(=O)c1ccc([C@H]2SCC(=O)N2Cc2ccc(Cl)cc2)cc1. The molecule has 1 heterocycles. The van der Waals surface area contributed by atoms with Crippen molar-refractivity contribution in [2.45, 2.75) is 25.4 Å². The topological polar surface area (TPSA) is 58.6 Å². The molecule has 0 aromatic heterocycles. The number of nitrogens with one attached hydrogen (secondary N) is 1. The highest BCUT2D eigenvalue weighted by molar-refractivity contribution is 8.00. The molecule has 1 fully saturated rings. The Balaban J connectivity index is 1.41. The summed E-state index contributed by atoms with van der Waals surface area (Å²) in [6.07, 6.45) is 0. The molecule has 1 atom stereocenters. The Morgan fingerprint density at radius 3 is 2.55 bits per heavy atom. The molecule has 33 heavy (non-hydrogen) atoms. The first kappa shape index (κ1) is 23.2. The van der Waals surface area contributed by atoms with E-state index in [1.54, 1.807) is 11.8 Å². The van der Waals surface area contributed by atoms with Gasteiger partial charge < -0.3 is 15.0 Å². The fraction of sp³-hybridized carbons (Fsp3) is 0.231. The molecule has 0 bridgehead atoms. The van der Waals surface area contributed by atoms with E-state index in [2.05, 4.69) is 5.32 Å². The Hall–Kier alpha value is -2.96. The number of para-hydroxylation sites is 1. The summed E-state index contributed by atoms with van der Waals surface area (Å²) in [5.74, 6) is 1.18. The number of rotatable bonds is 8. The Morgan fingerprint density at radius 1 is 1.09 bits per heavy atom. The van der Waals surface area contributed by atoms with Crippen LogP contribution < -0.4 is 10.1 Å². The van der Waals surface area contributed by atoms with Gasteiger partial charge in [0.05, 0.1) is 12.4 Å². The van der Waals surface area contributed by atoms with Crippen LogP contribution in [0, 0.1) is 0 Å². The van der Waals surface area contributed by atoms with Crippen LogP contribution in [-0.2, 0) is 17.9 Å². The molecular weight excluding hydrogens is 456 g/mol. The Morgan fingerprint density at radius 2 is 1.82 bits per heavy atom. The second-order valence-electron chi connectivity index (χ2n) is 7.66. The Labute approximate surface area is 203 Å². The molecule has 3 aromatic carbocycles. The van der Waals surface area contributed by atoms with Gasteiger partial charge in [-0.2, -0.15) is 0 Å². The number of carbonyl (C=O) groups excluding carboxylic acids is 2. The zero-order chi connectivity index (χ0) is 23.2. The van der Waals surface area contributed by atoms with Crippen LogP contribution in [0.25, 0.3) is 0 Å². The van der Waals surface area contributed by atoms with Crippen LogP contribution in [0.3, 0.4) is 0 Å². The standard InChI is InChI=1S/C26H25ClN2O3S/c1-2-32-23-6-4-3-5-21(23)15-28-25(31)19-9-11-20(12-10-19)26-29(24(30)17-33-26)16-18-7-13-22(27)14-8-18/h3-14,26H,2,15-17H2,1H3,(H,28,31)/t26-/m1/s1. The average molecular weight is 481 g/mol. The van der Waals surface area contributed by atoms with E-state index in [1.165, 1.54) is 0 Å². The smallest absolute Gasteiger partial charge is 0.251 e. The highest BCUT2D eigenvalue weighted by Crippen LogP contribution is 2.39. The fourth-order valence-corrected chi connectivity index (χ4v) is 5.02. The lowest BCUT2D eigenvalue weighted by Crippen LogP contribution is -2.27. The van der Waals surface area contributed by atoms with Crippen molar-refractivity contribution in [3.05, 3.63) is 100 Å². The zero-order valence-electron chi connectivity index (χ0n) is 18.3. The molecule has 170 valence electrons. The van der Waals surface area contributed by atoms with E-state index in [0.29, 0.717) is 36.0 Å². The van der Waals surface area contributed by atoms with Crippen molar-refractivity contribution in [3.63, 3.8) is 0 Å². The molecule has 0 radical (unpaired) electrons. The van der Waals surface area contributed by atoms with Crippen LogP contribution in [-0.4, -0.2) is 29.1 Å². The minimum atomic E-state index is -0.152. The van der Waals surface area contributed by atoms with Gasteiger partial charge in [0.2, 0.25) is 5.91 Å². The summed E-state index contributed by atoms with van der Waals surface area (Å²) in [4.78, 5) is 27.0. The third-order valence-corrected chi connectivity index (χ3v) is 6.91. The molecule has 0 aliphatic carbocycles. The summed E-state index contributed by atoms with van der Waals surface area (Å²) in [5, 5.41) is 3.55. The largest absolute Gasteiger partial charge is 0.494 e. The zero-order valence-corrected chi connectivity index (χ0v) is 19.9. The first-order valence-electron chi connectivity index (χ1n) is 10.8. The number of nitrogens with zero attached hydrogens (tertiary/aromatic N) is 1. The first-order valence-corrected chi connectivity index (χ1v) is 12.2. The van der Waals surface area contributed by atoms with Crippen molar-refractivity contribution in [3.8, 4) is 5.75 Å². The summed E-state index contributed by atoms with van der Waals surface area (Å²) >= 11 is 7.58. The lowest BCUT2D eigenvalue weighted by molar-refractivity contribution is -0.128.